The van der Waals surface area contributed by atoms with Crippen LogP contribution in [0.3, 0.4) is 0 Å². The molecular weight excluding hydrogens is 260 g/mol. The van der Waals surface area contributed by atoms with E-state index in [0.29, 0.717) is 24.0 Å². The van der Waals surface area contributed by atoms with Crippen LogP contribution in [0.4, 0.5) is 0 Å². The van der Waals surface area contributed by atoms with E-state index < -0.39 is 0 Å². The standard InChI is InChI=1S/C19H24O2/c1-2-19-10-9-15-14-6-4-13(20)11-12(14)3-5-16(15)17(19)7-8-18(19)21/h9-11,16-18,21H,2-8H2,1H3/t16?,17?,18-,19?/m0/s1. The van der Waals surface area contributed by atoms with Crippen molar-refractivity contribution in [1.29, 1.82) is 0 Å². The number of fused-ring (bicyclic) bond motifs is 4. The van der Waals surface area contributed by atoms with Crippen molar-refractivity contribution in [2.24, 2.45) is 17.3 Å². The number of carbonyl (C=O) groups is 1. The summed E-state index contributed by atoms with van der Waals surface area (Å²) in [5.74, 6) is 1.50. The van der Waals surface area contributed by atoms with E-state index in [1.54, 1.807) is 0 Å². The topological polar surface area (TPSA) is 37.3 Å². The highest BCUT2D eigenvalue weighted by atomic mass is 16.3. The van der Waals surface area contributed by atoms with Crippen LogP contribution in [0.1, 0.15) is 51.9 Å². The number of aliphatic hydroxyl groups is 1. The van der Waals surface area contributed by atoms with Gasteiger partial charge in [-0.05, 0) is 73.2 Å². The molecule has 0 spiro atoms. The third-order valence-corrected chi connectivity index (χ3v) is 6.55. The molecule has 0 aliphatic heterocycles. The van der Waals surface area contributed by atoms with Crippen molar-refractivity contribution in [3.05, 3.63) is 34.9 Å². The van der Waals surface area contributed by atoms with Gasteiger partial charge in [0, 0.05) is 11.8 Å². The number of allylic oxidation sites excluding steroid dienone is 5. The first-order valence-electron chi connectivity index (χ1n) is 8.50. The first-order chi connectivity index (χ1) is 10.2. The number of rotatable bonds is 1. The summed E-state index contributed by atoms with van der Waals surface area (Å²) in [5.41, 5.74) is 4.25. The molecule has 0 amide bonds. The van der Waals surface area contributed by atoms with Crippen LogP contribution in [-0.4, -0.2) is 17.0 Å². The Morgan fingerprint density at radius 1 is 1.24 bits per heavy atom. The maximum absolute atomic E-state index is 11.7. The molecule has 1 saturated carbocycles. The number of hydrogen-bond donors (Lipinski definition) is 1. The van der Waals surface area contributed by atoms with Crippen molar-refractivity contribution >= 4 is 5.78 Å². The molecule has 0 radical (unpaired) electrons. The molecule has 0 aromatic carbocycles. The molecule has 1 N–H and O–H groups in total. The lowest BCUT2D eigenvalue weighted by atomic mass is 9.59. The number of aliphatic hydroxyl groups excluding tert-OH is 1. The largest absolute Gasteiger partial charge is 0.392 e. The Bertz CT molecular complexity index is 580. The summed E-state index contributed by atoms with van der Waals surface area (Å²) in [5, 5.41) is 10.5. The van der Waals surface area contributed by atoms with Crippen molar-refractivity contribution < 1.29 is 9.90 Å². The zero-order chi connectivity index (χ0) is 14.6. The lowest BCUT2D eigenvalue weighted by molar-refractivity contribution is -0.114. The Morgan fingerprint density at radius 2 is 2.10 bits per heavy atom. The third kappa shape index (κ3) is 1.78. The molecule has 0 saturated heterocycles. The highest BCUT2D eigenvalue weighted by Crippen LogP contribution is 2.58. The summed E-state index contributed by atoms with van der Waals surface area (Å²) >= 11 is 0. The predicted molar refractivity (Wildman–Crippen MR) is 82.7 cm³/mol. The summed E-state index contributed by atoms with van der Waals surface area (Å²) < 4.78 is 0. The fourth-order valence-electron chi connectivity index (χ4n) is 5.44. The van der Waals surface area contributed by atoms with Crippen LogP contribution in [0.15, 0.2) is 34.9 Å². The molecule has 21 heavy (non-hydrogen) atoms. The van der Waals surface area contributed by atoms with E-state index in [4.69, 9.17) is 0 Å². The Kier molecular flexibility index (Phi) is 3.01. The van der Waals surface area contributed by atoms with Crippen molar-refractivity contribution in [1.82, 2.24) is 0 Å². The number of carbonyl (C=O) groups excluding carboxylic acids is 1. The SMILES string of the molecule is CCC12C=CC3=C4CCC(=O)C=C4CCC3C1CC[C@@H]2O. The van der Waals surface area contributed by atoms with Gasteiger partial charge < -0.3 is 5.11 Å². The van der Waals surface area contributed by atoms with Crippen molar-refractivity contribution in [3.8, 4) is 0 Å². The van der Waals surface area contributed by atoms with E-state index in [1.807, 2.05) is 6.08 Å². The maximum Gasteiger partial charge on any atom is 0.156 e. The fraction of sp³-hybridized carbons (Fsp3) is 0.632. The summed E-state index contributed by atoms with van der Waals surface area (Å²) in [6, 6.07) is 0. The van der Waals surface area contributed by atoms with Crippen LogP contribution in [0.25, 0.3) is 0 Å². The normalized spacial score (nSPS) is 41.5. The molecule has 112 valence electrons. The molecule has 4 aliphatic carbocycles. The third-order valence-electron chi connectivity index (χ3n) is 6.55. The lowest BCUT2D eigenvalue weighted by Gasteiger charge is -2.46. The van der Waals surface area contributed by atoms with Crippen molar-refractivity contribution in [3.63, 3.8) is 0 Å². The zero-order valence-corrected chi connectivity index (χ0v) is 12.8. The van der Waals surface area contributed by atoms with E-state index in [0.717, 1.165) is 38.5 Å². The quantitative estimate of drug-likeness (QED) is 0.797. The molecule has 0 bridgehead atoms. The second kappa shape index (κ2) is 4.67. The molecule has 1 fully saturated rings. The molecule has 4 rings (SSSR count). The Balaban J connectivity index is 1.82. The minimum absolute atomic E-state index is 0.0143. The first-order valence-corrected chi connectivity index (χ1v) is 8.50. The summed E-state index contributed by atoms with van der Waals surface area (Å²) in [4.78, 5) is 11.7. The second-order valence-electron chi connectivity index (χ2n) is 7.21. The molecule has 3 unspecified atom stereocenters. The van der Waals surface area contributed by atoms with Gasteiger partial charge in [0.1, 0.15) is 0 Å². The highest BCUT2D eigenvalue weighted by Gasteiger charge is 2.52. The van der Waals surface area contributed by atoms with Crippen LogP contribution < -0.4 is 0 Å². The summed E-state index contributed by atoms with van der Waals surface area (Å²) in [7, 11) is 0. The molecule has 4 atom stereocenters. The van der Waals surface area contributed by atoms with E-state index in [-0.39, 0.29) is 11.5 Å². The van der Waals surface area contributed by atoms with Crippen LogP contribution >= 0.6 is 0 Å². The highest BCUT2D eigenvalue weighted by molar-refractivity contribution is 5.93. The number of hydrogen-bond acceptors (Lipinski definition) is 2. The van der Waals surface area contributed by atoms with Crippen LogP contribution in [-0.2, 0) is 4.79 Å². The molecule has 2 nitrogen and oxygen atoms in total. The summed E-state index contributed by atoms with van der Waals surface area (Å²) in [6.07, 6.45) is 13.3. The minimum Gasteiger partial charge on any atom is -0.392 e. The molecule has 0 aromatic heterocycles. The van der Waals surface area contributed by atoms with Gasteiger partial charge >= 0.3 is 0 Å². The van der Waals surface area contributed by atoms with Gasteiger partial charge in [-0.2, -0.15) is 0 Å². The van der Waals surface area contributed by atoms with Crippen molar-refractivity contribution in [2.75, 3.05) is 0 Å². The van der Waals surface area contributed by atoms with Crippen molar-refractivity contribution in [2.45, 2.75) is 58.0 Å². The van der Waals surface area contributed by atoms with Crippen LogP contribution in [0.5, 0.6) is 0 Å². The average molecular weight is 284 g/mol. The van der Waals surface area contributed by atoms with Gasteiger partial charge in [0.15, 0.2) is 5.78 Å². The minimum atomic E-state index is -0.167. The van der Waals surface area contributed by atoms with Gasteiger partial charge in [-0.3, -0.25) is 4.79 Å². The second-order valence-corrected chi connectivity index (χ2v) is 7.21. The van der Waals surface area contributed by atoms with E-state index in [2.05, 4.69) is 19.1 Å². The van der Waals surface area contributed by atoms with Gasteiger partial charge in [0.05, 0.1) is 6.10 Å². The van der Waals surface area contributed by atoms with E-state index in [1.165, 1.54) is 16.7 Å². The maximum atomic E-state index is 11.7. The summed E-state index contributed by atoms with van der Waals surface area (Å²) in [6.45, 7) is 2.22. The Hall–Kier alpha value is -1.15. The molecule has 0 heterocycles. The van der Waals surface area contributed by atoms with Gasteiger partial charge in [0.2, 0.25) is 0 Å². The Labute approximate surface area is 126 Å². The molecule has 4 aliphatic rings. The Morgan fingerprint density at radius 3 is 2.90 bits per heavy atom. The molecule has 2 heteroatoms. The number of ketones is 1. The first kappa shape index (κ1) is 13.5. The lowest BCUT2D eigenvalue weighted by Crippen LogP contribution is -2.40. The van der Waals surface area contributed by atoms with Crippen LogP contribution in [0.2, 0.25) is 0 Å². The predicted octanol–water partition coefficient (Wildman–Crippen LogP) is 3.72. The van der Waals surface area contributed by atoms with Gasteiger partial charge in [-0.25, -0.2) is 0 Å². The van der Waals surface area contributed by atoms with E-state index >= 15 is 0 Å². The zero-order valence-electron chi connectivity index (χ0n) is 12.8. The fourth-order valence-corrected chi connectivity index (χ4v) is 5.44. The molecule has 0 aromatic rings. The average Bonchev–Trinajstić information content (AvgIpc) is 2.84. The smallest absolute Gasteiger partial charge is 0.156 e. The van der Waals surface area contributed by atoms with Gasteiger partial charge in [-0.1, -0.05) is 19.1 Å². The molecular formula is C19H24O2. The van der Waals surface area contributed by atoms with Gasteiger partial charge in [-0.15, -0.1) is 0 Å². The van der Waals surface area contributed by atoms with Gasteiger partial charge in [0.25, 0.3) is 0 Å². The monoisotopic (exact) mass is 284 g/mol. The van der Waals surface area contributed by atoms with Crippen LogP contribution in [0, 0.1) is 17.3 Å². The van der Waals surface area contributed by atoms with E-state index in [9.17, 15) is 9.90 Å².